The van der Waals surface area contributed by atoms with Crippen molar-refractivity contribution in [2.75, 3.05) is 0 Å². The van der Waals surface area contributed by atoms with Crippen LogP contribution in [0.15, 0.2) is 22.7 Å². The van der Waals surface area contributed by atoms with Crippen LogP contribution in [0.25, 0.3) is 41.8 Å². The molecule has 0 bridgehead atoms. The number of fused-ring (bicyclic) bond motifs is 2. The van der Waals surface area contributed by atoms with Gasteiger partial charge in [0, 0.05) is 27.8 Å². The topological polar surface area (TPSA) is 131 Å². The summed E-state index contributed by atoms with van der Waals surface area (Å²) in [5.41, 5.74) is -13.4. The Bertz CT molecular complexity index is 1750. The predicted molar refractivity (Wildman–Crippen MR) is 116 cm³/mol. The summed E-state index contributed by atoms with van der Waals surface area (Å²) in [5.74, 6) is -3.14. The van der Waals surface area contributed by atoms with Crippen LogP contribution < -0.4 is 9.47 Å². The number of benzene rings is 1. The van der Waals surface area contributed by atoms with E-state index in [1.807, 2.05) is 0 Å². The molecule has 0 saturated carbocycles. The minimum atomic E-state index is -5.69. The normalized spacial score (nSPS) is 15.9. The molecular weight excluding hydrogens is 546 g/mol. The third-order valence-corrected chi connectivity index (χ3v) is 5.15. The fourth-order valence-corrected chi connectivity index (χ4v) is 3.99. The highest BCUT2D eigenvalue weighted by atomic mass is 19.4. The monoisotopic (exact) mass is 546 g/mol. The van der Waals surface area contributed by atoms with Gasteiger partial charge in [0.05, 0.1) is 55.6 Å². The summed E-state index contributed by atoms with van der Waals surface area (Å²) < 4.78 is 90.4. The van der Waals surface area contributed by atoms with Crippen molar-refractivity contribution < 1.29 is 35.8 Å². The maximum Gasteiger partial charge on any atom is 0.573 e. The largest absolute Gasteiger partial charge is 0.573 e. The second-order valence-corrected chi connectivity index (χ2v) is 7.04. The van der Waals surface area contributed by atoms with Crippen LogP contribution in [0.4, 0.5) is 26.3 Å². The lowest BCUT2D eigenvalue weighted by Gasteiger charge is -2.24. The summed E-state index contributed by atoms with van der Waals surface area (Å²) in [5, 5.41) is 38.3. The molecule has 0 unspecified atom stereocenters. The Kier molecular flexibility index (Phi) is 6.70. The summed E-state index contributed by atoms with van der Waals surface area (Å²) in [7, 11) is 0. The lowest BCUT2D eigenvalue weighted by Crippen LogP contribution is -2.22. The van der Waals surface area contributed by atoms with E-state index in [1.165, 1.54) is 24.3 Å². The van der Waals surface area contributed by atoms with Crippen LogP contribution in [0.2, 0.25) is 0 Å². The summed E-state index contributed by atoms with van der Waals surface area (Å²) >= 11 is 0. The smallest absolute Gasteiger partial charge is 0.406 e. The van der Waals surface area contributed by atoms with Crippen molar-refractivity contribution in [3.05, 3.63) is 90.6 Å². The zero-order chi connectivity index (χ0) is 30.2. The molecule has 10 nitrogen and oxygen atoms in total. The molecule has 0 N–H and O–H groups in total. The quantitative estimate of drug-likeness (QED) is 0.249. The zero-order valence-corrected chi connectivity index (χ0v) is 18.7. The molecule has 0 atom stereocenters. The average Bonchev–Trinajstić information content (AvgIpc) is 3.39. The van der Waals surface area contributed by atoms with Gasteiger partial charge in [-0.25, -0.2) is 25.1 Å². The van der Waals surface area contributed by atoms with Gasteiger partial charge in [-0.1, -0.05) is 0 Å². The van der Waals surface area contributed by atoms with Crippen molar-refractivity contribution >= 4 is 22.4 Å². The van der Waals surface area contributed by atoms with Crippen LogP contribution in [0, 0.1) is 71.6 Å². The Labute approximate surface area is 218 Å². The van der Waals surface area contributed by atoms with Crippen LogP contribution in [-0.2, 0) is 0 Å². The minimum Gasteiger partial charge on any atom is -0.406 e. The lowest BCUT2D eigenvalue weighted by atomic mass is 9.90. The first-order valence-corrected chi connectivity index (χ1v) is 9.63. The third-order valence-electron chi connectivity index (χ3n) is 5.15. The fraction of sp³-hybridized carbons (Fsp3) is 0.0833. The molecule has 3 rings (SSSR count). The molecular formula is C24F6N8O2. The van der Waals surface area contributed by atoms with Gasteiger partial charge in [0.2, 0.25) is 5.70 Å². The van der Waals surface area contributed by atoms with Crippen molar-refractivity contribution in [2.24, 2.45) is 0 Å². The highest BCUT2D eigenvalue weighted by Gasteiger charge is 2.48. The van der Waals surface area contributed by atoms with E-state index in [2.05, 4.69) is 28.9 Å². The molecule has 0 spiro atoms. The van der Waals surface area contributed by atoms with Crippen LogP contribution in [0.3, 0.4) is 0 Å². The van der Waals surface area contributed by atoms with Crippen molar-refractivity contribution in [3.63, 3.8) is 0 Å². The van der Waals surface area contributed by atoms with Crippen LogP contribution in [-0.4, -0.2) is 12.7 Å². The van der Waals surface area contributed by atoms with Gasteiger partial charge in [-0.05, 0) is 5.57 Å². The van der Waals surface area contributed by atoms with Crippen molar-refractivity contribution in [3.8, 4) is 35.8 Å². The molecule has 2 aliphatic rings. The van der Waals surface area contributed by atoms with Crippen molar-refractivity contribution in [1.29, 1.82) is 21.0 Å². The van der Waals surface area contributed by atoms with E-state index in [-0.39, 0.29) is 0 Å². The van der Waals surface area contributed by atoms with Gasteiger partial charge in [0.25, 0.3) is 11.4 Å². The predicted octanol–water partition coefficient (Wildman–Crippen LogP) is 6.13. The SMILES string of the molecule is [C-]#[N+]C1=C([N+]#[C-])c2c(OC(F)(F)F)c3c(c(OC(F)(F)F)c2/C1=C(\C#N)[N+]#[C-])/C(=C(/C#N)[N+]#[C-])C(C#N)=C3C#N. The Hall–Kier alpha value is -6.72. The van der Waals surface area contributed by atoms with Crippen LogP contribution in [0.1, 0.15) is 22.3 Å². The summed E-state index contributed by atoms with van der Waals surface area (Å²) in [4.78, 5) is 11.4. The molecule has 16 heteroatoms. The molecule has 1 aromatic carbocycles. The summed E-state index contributed by atoms with van der Waals surface area (Å²) in [6.07, 6.45) is -11.4. The number of hydrogen-bond donors (Lipinski definition) is 0. The second kappa shape index (κ2) is 9.63. The molecule has 1 aromatic rings. The average molecular weight is 546 g/mol. The van der Waals surface area contributed by atoms with E-state index in [0.29, 0.717) is 0 Å². The van der Waals surface area contributed by atoms with E-state index in [0.717, 1.165) is 0 Å². The standard InChI is InChI=1S/C24F6N8O2/c1-35-11(7-33)13-9(5-31)10(6-32)14-16(13)22(40-24(28,29)30)17-15(12(8-34)36-2)19(37-3)20(38-4)18(17)21(14)39-23(25,26)27/b13-11-,15-12-. The van der Waals surface area contributed by atoms with Crippen molar-refractivity contribution in [1.82, 2.24) is 0 Å². The number of ether oxygens (including phenoxy) is 2. The summed E-state index contributed by atoms with van der Waals surface area (Å²) in [6.45, 7) is 29.3. The van der Waals surface area contributed by atoms with Gasteiger partial charge < -0.3 is 9.47 Å². The van der Waals surface area contributed by atoms with E-state index < -0.39 is 91.6 Å². The van der Waals surface area contributed by atoms with Gasteiger partial charge >= 0.3 is 12.7 Å². The fourth-order valence-electron chi connectivity index (χ4n) is 3.99. The number of rotatable bonds is 2. The first kappa shape index (κ1) is 27.9. The van der Waals surface area contributed by atoms with Gasteiger partial charge in [0.15, 0.2) is 5.70 Å². The van der Waals surface area contributed by atoms with Crippen LogP contribution >= 0.6 is 0 Å². The summed E-state index contributed by atoms with van der Waals surface area (Å²) in [6, 6.07) is 5.26. The minimum absolute atomic E-state index is 0.997. The van der Waals surface area contributed by atoms with E-state index >= 15 is 0 Å². The Morgan fingerprint density at radius 3 is 1.40 bits per heavy atom. The number of alkyl halides is 6. The number of nitriles is 4. The molecule has 0 saturated heterocycles. The van der Waals surface area contributed by atoms with Gasteiger partial charge in [-0.2, -0.15) is 10.5 Å². The zero-order valence-electron chi connectivity index (χ0n) is 18.7. The van der Waals surface area contributed by atoms with E-state index in [9.17, 15) is 47.4 Å². The number of halogens is 6. The van der Waals surface area contributed by atoms with Gasteiger partial charge in [-0.3, -0.25) is 4.85 Å². The second-order valence-electron chi connectivity index (χ2n) is 7.04. The van der Waals surface area contributed by atoms with Crippen LogP contribution in [0.5, 0.6) is 11.5 Å². The molecule has 0 fully saturated rings. The van der Waals surface area contributed by atoms with Gasteiger partial charge in [0.1, 0.15) is 17.6 Å². The molecule has 0 aromatic heterocycles. The number of nitrogens with zero attached hydrogens (tertiary/aromatic N) is 8. The third kappa shape index (κ3) is 4.14. The number of allylic oxidation sites excluding steroid dienone is 6. The molecule has 2 aliphatic carbocycles. The molecule has 0 amide bonds. The maximum atomic E-state index is 13.8. The highest BCUT2D eigenvalue weighted by Crippen LogP contribution is 2.61. The first-order chi connectivity index (χ1) is 18.8. The van der Waals surface area contributed by atoms with Gasteiger partial charge in [-0.15, -0.1) is 26.3 Å². The Morgan fingerprint density at radius 1 is 0.600 bits per heavy atom. The Balaban J connectivity index is 2.94. The molecule has 0 heterocycles. The highest BCUT2D eigenvalue weighted by molar-refractivity contribution is 6.17. The first-order valence-electron chi connectivity index (χ1n) is 9.63. The maximum absolute atomic E-state index is 13.8. The molecule has 0 aliphatic heterocycles. The molecule has 40 heavy (non-hydrogen) atoms. The molecule has 0 radical (unpaired) electrons. The lowest BCUT2D eigenvalue weighted by molar-refractivity contribution is -0.277. The van der Waals surface area contributed by atoms with Crippen molar-refractivity contribution in [2.45, 2.75) is 12.7 Å². The molecule has 190 valence electrons. The Morgan fingerprint density at radius 2 is 1.02 bits per heavy atom. The van der Waals surface area contributed by atoms with E-state index in [1.54, 1.807) is 0 Å². The number of hydrogen-bond acceptors (Lipinski definition) is 6. The van der Waals surface area contributed by atoms with E-state index in [4.69, 9.17) is 26.3 Å².